The average molecular weight is 1900 g/mol. The van der Waals surface area contributed by atoms with Gasteiger partial charge in [-0.1, -0.05) is 50.0 Å². The lowest BCUT2D eigenvalue weighted by atomic mass is 9.99. The molecule has 0 fully saturated rings. The van der Waals surface area contributed by atoms with Crippen molar-refractivity contribution in [1.29, 1.82) is 0 Å². The van der Waals surface area contributed by atoms with Crippen LogP contribution in [0.1, 0.15) is 175 Å². The maximum absolute atomic E-state index is 14.0. The molecule has 0 aliphatic heterocycles. The Kier molecular flexibility index (Phi) is 53.3. The second-order valence-corrected chi connectivity index (χ2v) is 31.6. The second-order valence-electron chi connectivity index (χ2n) is 30.1. The van der Waals surface area contributed by atoms with Crippen LogP contribution in [0.2, 0.25) is 0 Å². The van der Waals surface area contributed by atoms with Gasteiger partial charge in [0.15, 0.2) is 28.9 Å². The number of nitrogens with one attached hydrogen (secondary N) is 2. The molecule has 0 aromatic heterocycles. The second kappa shape index (κ2) is 60.4. The molecule has 0 unspecified atom stereocenters. The van der Waals surface area contributed by atoms with E-state index in [1.165, 1.54) is 83.0 Å². The third-order valence-corrected chi connectivity index (χ3v) is 18.2. The molecule has 0 saturated heterocycles. The number of halogens is 11. The summed E-state index contributed by atoms with van der Waals surface area (Å²) in [7, 11) is 5.23. The van der Waals surface area contributed by atoms with Crippen molar-refractivity contribution in [3.05, 3.63) is 272 Å². The van der Waals surface area contributed by atoms with Crippen LogP contribution in [0.15, 0.2) is 126 Å². The highest BCUT2D eigenvalue weighted by molar-refractivity contribution is 7.88. The molecule has 133 heavy (non-hydrogen) atoms. The number of nitrogens with two attached hydrogens (primary N) is 1. The van der Waals surface area contributed by atoms with Gasteiger partial charge in [0.25, 0.3) is 0 Å². The molecule has 0 saturated carbocycles. The first-order valence-electron chi connectivity index (χ1n) is 40.4. The number of amides is 2. The van der Waals surface area contributed by atoms with E-state index in [9.17, 15) is 90.8 Å². The molecule has 2 amide bonds. The van der Waals surface area contributed by atoms with Gasteiger partial charge in [0.2, 0.25) is 31.3 Å². The minimum Gasteiger partial charge on any atom is -0.502 e. The molecule has 0 atom stereocenters. The number of rotatable bonds is 35. The summed E-state index contributed by atoms with van der Waals surface area (Å²) in [5.74, 6) is -3.11. The van der Waals surface area contributed by atoms with Gasteiger partial charge in [0.1, 0.15) is 88.3 Å². The smallest absolute Gasteiger partial charge is 0.502 e. The monoisotopic (exact) mass is 1890 g/mol. The van der Waals surface area contributed by atoms with Gasteiger partial charge < -0.3 is 68.4 Å². The van der Waals surface area contributed by atoms with Gasteiger partial charge in [-0.2, -0.15) is 21.6 Å². The number of phenols is 1. The fraction of sp³-hybridized carbons (Fsp3) is 0.340. The van der Waals surface area contributed by atoms with E-state index in [1.54, 1.807) is 57.8 Å². The van der Waals surface area contributed by atoms with Crippen molar-refractivity contribution in [2.75, 3.05) is 83.1 Å². The van der Waals surface area contributed by atoms with Crippen LogP contribution in [-0.4, -0.2) is 139 Å². The lowest BCUT2D eigenvalue weighted by molar-refractivity contribution is -0.400. The van der Waals surface area contributed by atoms with Gasteiger partial charge in [-0.25, -0.2) is 41.7 Å². The van der Waals surface area contributed by atoms with Crippen molar-refractivity contribution in [1.82, 2.24) is 10.6 Å². The third kappa shape index (κ3) is 41.6. The summed E-state index contributed by atoms with van der Waals surface area (Å²) in [5.41, 5.74) is 10.4. The van der Waals surface area contributed by atoms with Gasteiger partial charge >= 0.3 is 15.6 Å². The normalized spacial score (nSPS) is 10.4. The Morgan fingerprint density at radius 3 is 1.07 bits per heavy atom. The molecule has 0 aliphatic carbocycles. The topological polar surface area (TPSA) is 320 Å². The number of aromatic hydroxyl groups is 1. The van der Waals surface area contributed by atoms with Crippen molar-refractivity contribution < 1.29 is 133 Å². The highest BCUT2D eigenvalue weighted by Gasteiger charge is 2.49. The minimum absolute atomic E-state index is 0.0444. The number of ether oxygens (including phenoxy) is 8. The van der Waals surface area contributed by atoms with Crippen LogP contribution < -0.4 is 58.4 Å². The lowest BCUT2D eigenvalue weighted by Gasteiger charge is -2.13. The molecule has 724 valence electrons. The molecule has 0 heterocycles. The number of nitrogens with zero attached hydrogens (tertiary/aromatic N) is 2. The molecule has 36 heteroatoms. The zero-order valence-corrected chi connectivity index (χ0v) is 78.5. The number of methoxy groups -OCH3 is 8. The Hall–Kier alpha value is -13.6. The summed E-state index contributed by atoms with van der Waals surface area (Å²) >= 11 is 0. The number of aldehydes is 3. The third-order valence-electron chi connectivity index (χ3n) is 17.3. The first-order valence-corrected chi connectivity index (χ1v) is 41.8. The molecule has 24 nitrogen and oxygen atoms in total. The van der Waals surface area contributed by atoms with Gasteiger partial charge in [0.05, 0.1) is 84.1 Å². The summed E-state index contributed by atoms with van der Waals surface area (Å²) in [6, 6.07) is 22.4. The Labute approximate surface area is 768 Å². The minimum atomic E-state index is -6.03. The number of nitro groups is 1. The van der Waals surface area contributed by atoms with E-state index in [4.69, 9.17) is 45.8 Å². The van der Waals surface area contributed by atoms with E-state index in [2.05, 4.69) is 29.1 Å². The molecule has 0 spiro atoms. The van der Waals surface area contributed by atoms with Crippen molar-refractivity contribution in [2.24, 2.45) is 17.6 Å². The van der Waals surface area contributed by atoms with Crippen molar-refractivity contribution >= 4 is 72.2 Å². The van der Waals surface area contributed by atoms with Crippen LogP contribution in [0.25, 0.3) is 35.2 Å². The fourth-order valence-electron chi connectivity index (χ4n) is 11.5. The maximum Gasteiger partial charge on any atom is 0.534 e. The van der Waals surface area contributed by atoms with Gasteiger partial charge in [-0.05, 0) is 255 Å². The van der Waals surface area contributed by atoms with Crippen molar-refractivity contribution in [2.45, 2.75) is 127 Å². The average Bonchev–Trinajstić information content (AvgIpc) is 0.791. The van der Waals surface area contributed by atoms with Gasteiger partial charge in [-0.15, -0.1) is 0 Å². The van der Waals surface area contributed by atoms with Crippen LogP contribution in [0.5, 0.6) is 57.5 Å². The number of phenolic OH excluding ortho intramolecular Hbond substituents is 1. The first-order chi connectivity index (χ1) is 62.6. The quantitative estimate of drug-likeness (QED) is 0.00419. The Morgan fingerprint density at radius 1 is 0.444 bits per heavy atom. The van der Waals surface area contributed by atoms with E-state index >= 15 is 0 Å². The highest BCUT2D eigenvalue weighted by Crippen LogP contribution is 2.38. The molecule has 8 aromatic rings. The molecular formula is C97H114F11N5O19S. The summed E-state index contributed by atoms with van der Waals surface area (Å²) in [6.07, 6.45) is 15.1. The maximum atomic E-state index is 14.0. The summed E-state index contributed by atoms with van der Waals surface area (Å²) in [4.78, 5) is 64.4. The lowest BCUT2D eigenvalue weighted by Crippen LogP contribution is -2.28. The largest absolute Gasteiger partial charge is 0.534 e. The van der Waals surface area contributed by atoms with Gasteiger partial charge in [-0.3, -0.25) is 34.1 Å². The summed E-state index contributed by atoms with van der Waals surface area (Å²) in [6.45, 7) is 31.9. The number of hydrogen-bond acceptors (Lipinski definition) is 20. The SMILES string of the molecule is COc1cc(/C=C/[N+](=O)[O-])cc(F)c1C=C(C)C.COc1cc(C=O)cc(F)c1C=C(C)C.COc1cc(C=O)cc(F)c1O.COc1cc(C=O)cc(F)c1OS(=O)(=O)C(F)(F)F.COc1cc(CCN)cc(F)c1C=C(C)C.COc1cc(CCNC=O)cc(F)c1C=C(C)C.COc1cc(CCNC=O)cc(F)c1CC(C)C.[C-]#[N+]CCc1cc(F)c(CC(C)C)c(OC)c1. The van der Waals surface area contributed by atoms with Crippen LogP contribution in [-0.2, 0) is 58.2 Å². The van der Waals surface area contributed by atoms with E-state index in [0.29, 0.717) is 181 Å². The van der Waals surface area contributed by atoms with Crippen LogP contribution >= 0.6 is 0 Å². The van der Waals surface area contributed by atoms with Crippen molar-refractivity contribution in [3.63, 3.8) is 0 Å². The Morgan fingerprint density at radius 2 is 0.744 bits per heavy atom. The predicted octanol–water partition coefficient (Wildman–Crippen LogP) is 20.9. The number of alkyl halides is 3. The van der Waals surface area contributed by atoms with Gasteiger partial charge in [0, 0.05) is 53.4 Å². The van der Waals surface area contributed by atoms with E-state index in [1.807, 2.05) is 101 Å². The Bertz CT molecular complexity index is 5500. The van der Waals surface area contributed by atoms with Crippen LogP contribution in [0.3, 0.4) is 0 Å². The van der Waals surface area contributed by atoms with E-state index in [0.717, 1.165) is 70.0 Å². The zero-order valence-electron chi connectivity index (χ0n) is 77.6. The Balaban J connectivity index is 0.000000762. The number of hydrogen-bond donors (Lipinski definition) is 4. The standard InChI is InChI=1S/C14H20FNO2.C14H18FNO2.C14H18FNO.C13H14FNO3.C13H18FNO.C12H13FO2.C9H6F4O5S.C8H7FO3/c2*1-10(2)6-12-13(15)7-11(4-5-16-9-17)8-14(12)18-3;1-10(2)7-12-13(15)8-11(5-6-16-3)9-14(12)17-4;1-9(2)6-11-12(14)7-10(4-5-15(16)17)8-13(11)18-3;1-9(2)6-11-12(14)7-10(4-5-15)8-13(11)16-3;1-8(2)4-10-11(13)5-9(7-14)6-12(10)15-3;1-17-7-3-5(4-14)2-6(10)8(7)18-19(15,16)9(11,12)13;1-12-7-3-5(4-10)2-6(9)8(7)11/h7-10H,4-6H2,1-3H3,(H,16,17);6-9H,4-5H2,1-3H3,(H,16,17);8-10H,5-7H2,1-2,4H3;4-8H,1-3H3;6-8H,4-5,15H2,1-3H3;4-7H,1-3H3;2-4H,1H3;2-4,11H,1H3/b;;;5-4+;;;;. The molecule has 5 N–H and O–H groups in total. The van der Waals surface area contributed by atoms with E-state index < -0.39 is 61.1 Å². The molecule has 0 aliphatic rings. The fourth-order valence-corrected chi connectivity index (χ4v) is 11.9. The first kappa shape index (κ1) is 117. The summed E-state index contributed by atoms with van der Waals surface area (Å²) < 4.78 is 211. The molecular weight excluding hydrogens is 1780 g/mol. The summed E-state index contributed by atoms with van der Waals surface area (Å²) in [5, 5.41) is 24.3. The zero-order chi connectivity index (χ0) is 101. The number of benzene rings is 8. The molecule has 0 bridgehead atoms. The number of carbonyl (C=O) groups is 5. The number of allylic oxidation sites excluding steroid dienone is 4. The predicted molar refractivity (Wildman–Crippen MR) is 491 cm³/mol. The molecule has 8 aromatic carbocycles. The van der Waals surface area contributed by atoms with Crippen molar-refractivity contribution in [3.8, 4) is 57.5 Å². The van der Waals surface area contributed by atoms with Crippen LogP contribution in [0.4, 0.5) is 48.3 Å². The molecule has 8 rings (SSSR count). The van der Waals surface area contributed by atoms with E-state index in [-0.39, 0.29) is 52.0 Å². The molecule has 0 radical (unpaired) electrons. The number of carbonyl (C=O) groups excluding carboxylic acids is 5. The van der Waals surface area contributed by atoms with Crippen LogP contribution in [0, 0.1) is 75.1 Å². The highest BCUT2D eigenvalue weighted by atomic mass is 32.2.